The van der Waals surface area contributed by atoms with Crippen molar-refractivity contribution in [1.82, 2.24) is 4.98 Å². The molecule has 0 saturated carbocycles. The number of hydrogen-bond donors (Lipinski definition) is 0. The first kappa shape index (κ1) is 10.2. The molecule has 0 N–H and O–H groups in total. The molecular formula is C6H2BrF3IN. The first-order valence-electron chi connectivity index (χ1n) is 2.80. The first-order valence-corrected chi connectivity index (χ1v) is 4.67. The molecule has 12 heavy (non-hydrogen) atoms. The maximum atomic E-state index is 12.1. The molecule has 0 unspecified atom stereocenters. The van der Waals surface area contributed by atoms with Gasteiger partial charge in [-0.2, -0.15) is 13.2 Å². The van der Waals surface area contributed by atoms with Crippen molar-refractivity contribution in [1.29, 1.82) is 0 Å². The molecule has 1 aromatic heterocycles. The summed E-state index contributed by atoms with van der Waals surface area (Å²) in [5.74, 6) is 0. The van der Waals surface area contributed by atoms with Gasteiger partial charge in [-0.3, -0.25) is 0 Å². The minimum Gasteiger partial charge on any atom is -0.236 e. The summed E-state index contributed by atoms with van der Waals surface area (Å²) in [5.41, 5.74) is -0.874. The molecule has 0 fully saturated rings. The monoisotopic (exact) mass is 351 g/mol. The van der Waals surface area contributed by atoms with Crippen molar-refractivity contribution in [2.75, 3.05) is 0 Å². The molecule has 0 aliphatic carbocycles. The highest BCUT2D eigenvalue weighted by atomic mass is 127. The molecule has 1 aromatic rings. The summed E-state index contributed by atoms with van der Waals surface area (Å²) in [5, 5.41) is 0. The number of alkyl halides is 3. The average molecular weight is 352 g/mol. The maximum absolute atomic E-state index is 12.1. The Kier molecular flexibility index (Phi) is 2.97. The smallest absolute Gasteiger partial charge is 0.236 e. The van der Waals surface area contributed by atoms with Crippen LogP contribution in [0.2, 0.25) is 0 Å². The van der Waals surface area contributed by atoms with Crippen LogP contribution in [0.25, 0.3) is 0 Å². The predicted molar refractivity (Wildman–Crippen MR) is 49.7 cm³/mol. The summed E-state index contributed by atoms with van der Waals surface area (Å²) in [7, 11) is 0. The van der Waals surface area contributed by atoms with Crippen molar-refractivity contribution in [3.8, 4) is 0 Å². The zero-order valence-electron chi connectivity index (χ0n) is 5.49. The lowest BCUT2D eigenvalue weighted by atomic mass is 10.3. The first-order chi connectivity index (χ1) is 5.39. The lowest BCUT2D eigenvalue weighted by Gasteiger charge is -2.05. The summed E-state index contributed by atoms with van der Waals surface area (Å²) >= 11 is 4.69. The zero-order valence-corrected chi connectivity index (χ0v) is 9.24. The van der Waals surface area contributed by atoms with E-state index in [-0.39, 0.29) is 4.60 Å². The Morgan fingerprint density at radius 2 is 1.92 bits per heavy atom. The van der Waals surface area contributed by atoms with E-state index < -0.39 is 11.9 Å². The van der Waals surface area contributed by atoms with Gasteiger partial charge in [-0.15, -0.1) is 0 Å². The Morgan fingerprint density at radius 3 is 2.33 bits per heavy atom. The molecular weight excluding hydrogens is 350 g/mol. The molecule has 1 rings (SSSR count). The minimum absolute atomic E-state index is 0.196. The topological polar surface area (TPSA) is 12.9 Å². The molecule has 6 heteroatoms. The highest BCUT2D eigenvalue weighted by molar-refractivity contribution is 14.1. The lowest BCUT2D eigenvalue weighted by molar-refractivity contribution is -0.141. The Bertz CT molecular complexity index is 279. The predicted octanol–water partition coefficient (Wildman–Crippen LogP) is 3.47. The van der Waals surface area contributed by atoms with Crippen LogP contribution in [0.1, 0.15) is 5.69 Å². The molecule has 66 valence electrons. The van der Waals surface area contributed by atoms with Crippen LogP contribution >= 0.6 is 38.5 Å². The van der Waals surface area contributed by atoms with E-state index in [0.29, 0.717) is 3.57 Å². The molecule has 0 aliphatic rings. The molecule has 0 radical (unpaired) electrons. The highest BCUT2D eigenvalue weighted by Gasteiger charge is 2.32. The van der Waals surface area contributed by atoms with Crippen LogP contribution in [0.15, 0.2) is 16.7 Å². The van der Waals surface area contributed by atoms with E-state index in [1.54, 1.807) is 22.6 Å². The van der Waals surface area contributed by atoms with E-state index in [9.17, 15) is 13.2 Å². The fourth-order valence-corrected chi connectivity index (χ4v) is 2.07. The van der Waals surface area contributed by atoms with Gasteiger partial charge in [0, 0.05) is 3.57 Å². The van der Waals surface area contributed by atoms with Gasteiger partial charge in [0.2, 0.25) is 0 Å². The van der Waals surface area contributed by atoms with Crippen molar-refractivity contribution >= 4 is 38.5 Å². The number of hydrogen-bond acceptors (Lipinski definition) is 1. The third kappa shape index (κ3) is 2.58. The number of pyridine rings is 1. The van der Waals surface area contributed by atoms with E-state index in [0.717, 1.165) is 6.07 Å². The second-order valence-electron chi connectivity index (χ2n) is 1.99. The molecule has 0 atom stereocenters. The summed E-state index contributed by atoms with van der Waals surface area (Å²) < 4.78 is 36.9. The van der Waals surface area contributed by atoms with E-state index in [4.69, 9.17) is 0 Å². The van der Waals surface area contributed by atoms with Crippen molar-refractivity contribution < 1.29 is 13.2 Å². The number of halogens is 5. The largest absolute Gasteiger partial charge is 0.433 e. The molecule has 1 nitrogen and oxygen atoms in total. The van der Waals surface area contributed by atoms with E-state index in [1.807, 2.05) is 0 Å². The highest BCUT2D eigenvalue weighted by Crippen LogP contribution is 2.29. The van der Waals surface area contributed by atoms with Gasteiger partial charge in [0.15, 0.2) is 0 Å². The van der Waals surface area contributed by atoms with Gasteiger partial charge in [-0.05, 0) is 50.7 Å². The molecule has 0 bridgehead atoms. The summed E-state index contributed by atoms with van der Waals surface area (Å²) in [6.45, 7) is 0. The van der Waals surface area contributed by atoms with Crippen molar-refractivity contribution in [3.63, 3.8) is 0 Å². The fraction of sp³-hybridized carbons (Fsp3) is 0.167. The molecule has 0 amide bonds. The summed E-state index contributed by atoms with van der Waals surface area (Å²) in [6.07, 6.45) is -4.37. The zero-order chi connectivity index (χ0) is 9.35. The van der Waals surface area contributed by atoms with Crippen LogP contribution in [0.4, 0.5) is 13.2 Å². The van der Waals surface area contributed by atoms with E-state index in [2.05, 4.69) is 20.9 Å². The second-order valence-corrected chi connectivity index (χ2v) is 4.05. The second kappa shape index (κ2) is 3.49. The Hall–Kier alpha value is 0.150. The molecule has 0 aromatic carbocycles. The Balaban J connectivity index is 3.18. The lowest BCUT2D eigenvalue weighted by Crippen LogP contribution is -2.08. The summed E-state index contributed by atoms with van der Waals surface area (Å²) in [6, 6.07) is 2.50. The third-order valence-corrected chi connectivity index (χ3v) is 2.08. The van der Waals surface area contributed by atoms with Gasteiger partial charge in [0.05, 0.1) is 0 Å². The standard InChI is InChI=1S/C6H2BrF3IN/c7-5-2-3(11)1-4(12-5)6(8,9)10/h1-2H. The number of aromatic nitrogens is 1. The van der Waals surface area contributed by atoms with Crippen LogP contribution in [-0.4, -0.2) is 4.98 Å². The summed E-state index contributed by atoms with van der Waals surface area (Å²) in [4.78, 5) is 3.29. The Morgan fingerprint density at radius 1 is 1.33 bits per heavy atom. The van der Waals surface area contributed by atoms with E-state index in [1.165, 1.54) is 6.07 Å². The minimum atomic E-state index is -4.37. The van der Waals surface area contributed by atoms with Crippen LogP contribution in [-0.2, 0) is 6.18 Å². The van der Waals surface area contributed by atoms with Crippen molar-refractivity contribution in [2.45, 2.75) is 6.18 Å². The van der Waals surface area contributed by atoms with Crippen molar-refractivity contribution in [3.05, 3.63) is 26.0 Å². The fourth-order valence-electron chi connectivity index (χ4n) is 0.611. The van der Waals surface area contributed by atoms with Gasteiger partial charge < -0.3 is 0 Å². The van der Waals surface area contributed by atoms with Gasteiger partial charge in [0.1, 0.15) is 10.3 Å². The van der Waals surface area contributed by atoms with Crippen molar-refractivity contribution in [2.24, 2.45) is 0 Å². The molecule has 0 spiro atoms. The normalized spacial score (nSPS) is 11.8. The maximum Gasteiger partial charge on any atom is 0.433 e. The molecule has 0 aliphatic heterocycles. The van der Waals surface area contributed by atoms with Crippen LogP contribution in [0.3, 0.4) is 0 Å². The third-order valence-electron chi connectivity index (χ3n) is 1.05. The van der Waals surface area contributed by atoms with Gasteiger partial charge >= 0.3 is 6.18 Å². The van der Waals surface area contributed by atoms with Crippen LogP contribution < -0.4 is 0 Å². The Labute approximate surface area is 88.6 Å². The van der Waals surface area contributed by atoms with Gasteiger partial charge in [-0.1, -0.05) is 0 Å². The average Bonchev–Trinajstić information content (AvgIpc) is 1.82. The van der Waals surface area contributed by atoms with E-state index >= 15 is 0 Å². The number of rotatable bonds is 0. The quantitative estimate of drug-likeness (QED) is 0.515. The number of nitrogens with zero attached hydrogens (tertiary/aromatic N) is 1. The molecule has 1 heterocycles. The van der Waals surface area contributed by atoms with Gasteiger partial charge in [-0.25, -0.2) is 4.98 Å². The SMILES string of the molecule is FC(F)(F)c1cc(I)cc(Br)n1. The molecule has 0 saturated heterocycles. The van der Waals surface area contributed by atoms with Gasteiger partial charge in [0.25, 0.3) is 0 Å². The van der Waals surface area contributed by atoms with Crippen LogP contribution in [0.5, 0.6) is 0 Å². The van der Waals surface area contributed by atoms with Crippen LogP contribution in [0, 0.1) is 3.57 Å².